The van der Waals surface area contributed by atoms with E-state index in [-0.39, 0.29) is 16.7 Å². The number of carbonyl (C=O) groups is 1. The van der Waals surface area contributed by atoms with Gasteiger partial charge in [-0.05, 0) is 23.9 Å². The van der Waals surface area contributed by atoms with Crippen LogP contribution < -0.4 is 5.56 Å². The largest absolute Gasteiger partial charge is 0.333 e. The lowest BCUT2D eigenvalue weighted by Gasteiger charge is -2.24. The molecule has 0 spiro atoms. The molecule has 0 fully saturated rings. The van der Waals surface area contributed by atoms with Gasteiger partial charge in [0.2, 0.25) is 5.91 Å². The fourth-order valence-electron chi connectivity index (χ4n) is 3.40. The molecule has 164 valence electrons. The molecule has 0 radical (unpaired) electrons. The summed E-state index contributed by atoms with van der Waals surface area (Å²) in [5.74, 6) is 1.09. The van der Waals surface area contributed by atoms with Crippen LogP contribution in [0.25, 0.3) is 21.3 Å². The monoisotopic (exact) mass is 481 g/mol. The van der Waals surface area contributed by atoms with Crippen molar-refractivity contribution >= 4 is 50.6 Å². The van der Waals surface area contributed by atoms with Gasteiger partial charge in [-0.15, -0.1) is 41.0 Å². The van der Waals surface area contributed by atoms with Crippen LogP contribution in [0.15, 0.2) is 70.7 Å². The molecule has 32 heavy (non-hydrogen) atoms. The SMILES string of the molecule is C=CCN(Cc1cccs1)C(=O)C(C)SCc1nc2scc(-c3ccccc3)c2c(=O)[nH]1. The van der Waals surface area contributed by atoms with E-state index in [4.69, 9.17) is 0 Å². The van der Waals surface area contributed by atoms with Crippen molar-refractivity contribution in [2.24, 2.45) is 0 Å². The predicted molar refractivity (Wildman–Crippen MR) is 136 cm³/mol. The first-order valence-electron chi connectivity index (χ1n) is 10.2. The Bertz CT molecular complexity index is 1260. The van der Waals surface area contributed by atoms with Gasteiger partial charge in [0.05, 0.1) is 22.9 Å². The normalized spacial score (nSPS) is 12.0. The van der Waals surface area contributed by atoms with E-state index in [0.29, 0.717) is 34.9 Å². The smallest absolute Gasteiger partial charge is 0.260 e. The molecule has 0 saturated carbocycles. The number of nitrogens with one attached hydrogen (secondary N) is 1. The number of aromatic amines is 1. The maximum absolute atomic E-state index is 13.0. The van der Waals surface area contributed by atoms with Crippen LogP contribution in [0.2, 0.25) is 0 Å². The minimum Gasteiger partial charge on any atom is -0.333 e. The van der Waals surface area contributed by atoms with E-state index in [1.165, 1.54) is 23.1 Å². The molecule has 1 unspecified atom stereocenters. The van der Waals surface area contributed by atoms with Crippen molar-refractivity contribution < 1.29 is 4.79 Å². The van der Waals surface area contributed by atoms with Crippen LogP contribution in [0.3, 0.4) is 0 Å². The van der Waals surface area contributed by atoms with Gasteiger partial charge < -0.3 is 9.88 Å². The Hall–Kier alpha value is -2.68. The van der Waals surface area contributed by atoms with Gasteiger partial charge in [-0.3, -0.25) is 9.59 Å². The number of aromatic nitrogens is 2. The van der Waals surface area contributed by atoms with Gasteiger partial charge >= 0.3 is 0 Å². The van der Waals surface area contributed by atoms with Crippen LogP contribution >= 0.6 is 34.4 Å². The zero-order chi connectivity index (χ0) is 22.5. The van der Waals surface area contributed by atoms with Crippen LogP contribution in [0.5, 0.6) is 0 Å². The molecule has 5 nitrogen and oxygen atoms in total. The van der Waals surface area contributed by atoms with E-state index in [0.717, 1.165) is 16.0 Å². The summed E-state index contributed by atoms with van der Waals surface area (Å²) in [6.45, 7) is 6.75. The Labute approximate surface area is 198 Å². The lowest BCUT2D eigenvalue weighted by molar-refractivity contribution is -0.130. The predicted octanol–water partition coefficient (Wildman–Crippen LogP) is 5.55. The highest BCUT2D eigenvalue weighted by Gasteiger charge is 2.21. The first-order valence-corrected chi connectivity index (χ1v) is 13.0. The molecule has 1 aromatic carbocycles. The lowest BCUT2D eigenvalue weighted by atomic mass is 10.1. The minimum absolute atomic E-state index is 0.0502. The quantitative estimate of drug-likeness (QED) is 0.318. The summed E-state index contributed by atoms with van der Waals surface area (Å²) in [5, 5.41) is 4.34. The van der Waals surface area contributed by atoms with E-state index in [2.05, 4.69) is 16.5 Å². The summed E-state index contributed by atoms with van der Waals surface area (Å²) in [7, 11) is 0. The van der Waals surface area contributed by atoms with E-state index >= 15 is 0 Å². The molecule has 4 rings (SSSR count). The molecular weight excluding hydrogens is 458 g/mol. The molecule has 0 saturated heterocycles. The molecule has 8 heteroatoms. The number of nitrogens with zero attached hydrogens (tertiary/aromatic N) is 2. The zero-order valence-electron chi connectivity index (χ0n) is 17.6. The summed E-state index contributed by atoms with van der Waals surface area (Å²) < 4.78 is 0. The number of H-pyrrole nitrogens is 1. The third-order valence-corrected chi connectivity index (χ3v) is 7.86. The molecule has 0 aliphatic heterocycles. The van der Waals surface area contributed by atoms with E-state index < -0.39 is 0 Å². The van der Waals surface area contributed by atoms with Crippen molar-refractivity contribution in [2.45, 2.75) is 24.5 Å². The molecule has 1 atom stereocenters. The highest BCUT2D eigenvalue weighted by atomic mass is 32.2. The summed E-state index contributed by atoms with van der Waals surface area (Å²) in [4.78, 5) is 37.0. The second kappa shape index (κ2) is 10.3. The molecule has 0 bridgehead atoms. The standard InChI is InChI=1S/C24H23N3O2S3/c1-3-11-27(13-18-10-7-12-30-18)24(29)16(2)31-15-20-25-22(28)21-19(14-32-23(21)26-20)17-8-5-4-6-9-17/h3-10,12,14,16H,1,11,13,15H2,2H3,(H,25,26,28). The second-order valence-corrected chi connectivity index (χ2v) is 10.5. The van der Waals surface area contributed by atoms with E-state index in [9.17, 15) is 9.59 Å². The van der Waals surface area contributed by atoms with E-state index in [1.54, 1.807) is 22.3 Å². The summed E-state index contributed by atoms with van der Waals surface area (Å²) in [5.41, 5.74) is 1.76. The van der Waals surface area contributed by atoms with Crippen LogP contribution in [-0.4, -0.2) is 32.6 Å². The van der Waals surface area contributed by atoms with Gasteiger partial charge in [-0.2, -0.15) is 0 Å². The molecule has 0 aliphatic rings. The molecule has 3 aromatic heterocycles. The van der Waals surface area contributed by atoms with Gasteiger partial charge in [0.15, 0.2) is 0 Å². The van der Waals surface area contributed by atoms with Crippen molar-refractivity contribution in [3.63, 3.8) is 0 Å². The maximum atomic E-state index is 13.0. The Balaban J connectivity index is 1.47. The minimum atomic E-state index is -0.265. The van der Waals surface area contributed by atoms with Crippen LogP contribution in [0.4, 0.5) is 0 Å². The summed E-state index contributed by atoms with van der Waals surface area (Å²) >= 11 is 4.58. The first kappa shape index (κ1) is 22.5. The van der Waals surface area contributed by atoms with E-state index in [1.807, 2.05) is 60.1 Å². The highest BCUT2D eigenvalue weighted by molar-refractivity contribution is 7.99. The Kier molecular flexibility index (Phi) is 7.24. The van der Waals surface area contributed by atoms with Gasteiger partial charge in [0.25, 0.3) is 5.56 Å². The number of thiophene rings is 2. The number of benzene rings is 1. The topological polar surface area (TPSA) is 66.1 Å². The summed E-state index contributed by atoms with van der Waals surface area (Å²) in [6, 6.07) is 13.9. The Morgan fingerprint density at radius 2 is 2.06 bits per heavy atom. The van der Waals surface area contributed by atoms with Crippen molar-refractivity contribution in [3.05, 3.63) is 86.9 Å². The molecule has 3 heterocycles. The molecule has 4 aromatic rings. The average Bonchev–Trinajstić information content (AvgIpc) is 3.47. The number of fused-ring (bicyclic) bond motifs is 1. The van der Waals surface area contributed by atoms with Crippen LogP contribution in [-0.2, 0) is 17.1 Å². The highest BCUT2D eigenvalue weighted by Crippen LogP contribution is 2.31. The Morgan fingerprint density at radius 3 is 2.78 bits per heavy atom. The zero-order valence-corrected chi connectivity index (χ0v) is 20.1. The fourth-order valence-corrected chi connectivity index (χ4v) is 5.93. The number of rotatable bonds is 9. The molecule has 1 amide bonds. The van der Waals surface area contributed by atoms with Gasteiger partial charge in [0, 0.05) is 22.4 Å². The Morgan fingerprint density at radius 1 is 1.25 bits per heavy atom. The second-order valence-electron chi connectivity index (χ2n) is 7.25. The summed E-state index contributed by atoms with van der Waals surface area (Å²) in [6.07, 6.45) is 1.75. The fraction of sp³-hybridized carbons (Fsp3) is 0.208. The molecular formula is C24H23N3O2S3. The number of hydrogen-bond acceptors (Lipinski definition) is 6. The van der Waals surface area contributed by atoms with Gasteiger partial charge in [0.1, 0.15) is 10.7 Å². The molecule has 0 aliphatic carbocycles. The van der Waals surface area contributed by atoms with Crippen molar-refractivity contribution in [1.82, 2.24) is 14.9 Å². The lowest BCUT2D eigenvalue weighted by Crippen LogP contribution is -2.36. The first-order chi connectivity index (χ1) is 15.6. The number of amides is 1. The third kappa shape index (κ3) is 5.03. The van der Waals surface area contributed by atoms with Gasteiger partial charge in [-0.25, -0.2) is 4.98 Å². The average molecular weight is 482 g/mol. The van der Waals surface area contributed by atoms with Crippen LogP contribution in [0.1, 0.15) is 17.6 Å². The van der Waals surface area contributed by atoms with Crippen molar-refractivity contribution in [3.8, 4) is 11.1 Å². The molecule has 1 N–H and O–H groups in total. The number of hydrogen-bond donors (Lipinski definition) is 1. The third-order valence-electron chi connectivity index (χ3n) is 4.98. The number of carbonyl (C=O) groups excluding carboxylic acids is 1. The number of thioether (sulfide) groups is 1. The van der Waals surface area contributed by atoms with Crippen molar-refractivity contribution in [1.29, 1.82) is 0 Å². The van der Waals surface area contributed by atoms with Gasteiger partial charge in [-0.1, -0.05) is 42.5 Å². The van der Waals surface area contributed by atoms with Crippen LogP contribution in [0, 0.1) is 0 Å². The maximum Gasteiger partial charge on any atom is 0.260 e. The van der Waals surface area contributed by atoms with Crippen molar-refractivity contribution in [2.75, 3.05) is 6.54 Å².